The third-order valence-electron chi connectivity index (χ3n) is 4.79. The van der Waals surface area contributed by atoms with Crippen LogP contribution in [0.25, 0.3) is 10.2 Å². The minimum Gasteiger partial charge on any atom is -0.496 e. The maximum absolute atomic E-state index is 13.4. The number of anilines is 1. The highest BCUT2D eigenvalue weighted by molar-refractivity contribution is 7.22. The van der Waals surface area contributed by atoms with Crippen LogP contribution in [0.1, 0.15) is 27.9 Å². The van der Waals surface area contributed by atoms with Gasteiger partial charge in [-0.25, -0.2) is 4.98 Å². The number of para-hydroxylation sites is 1. The molecule has 0 saturated heterocycles. The van der Waals surface area contributed by atoms with Crippen LogP contribution < -0.4 is 9.64 Å². The summed E-state index contributed by atoms with van der Waals surface area (Å²) in [6, 6.07) is 11.6. The zero-order valence-electron chi connectivity index (χ0n) is 17.2. The zero-order chi connectivity index (χ0) is 20.3. The van der Waals surface area contributed by atoms with Crippen molar-refractivity contribution in [2.75, 3.05) is 39.2 Å². The van der Waals surface area contributed by atoms with Crippen LogP contribution in [0.5, 0.6) is 5.75 Å². The molecule has 6 heteroatoms. The van der Waals surface area contributed by atoms with E-state index in [4.69, 9.17) is 9.72 Å². The number of carbonyl (C=O) groups is 1. The van der Waals surface area contributed by atoms with Crippen molar-refractivity contribution in [3.63, 3.8) is 0 Å². The molecule has 28 heavy (non-hydrogen) atoms. The molecule has 0 bridgehead atoms. The molecule has 0 unspecified atom stereocenters. The van der Waals surface area contributed by atoms with Gasteiger partial charge in [0.05, 0.1) is 22.9 Å². The van der Waals surface area contributed by atoms with Crippen molar-refractivity contribution >= 4 is 32.6 Å². The number of amides is 1. The summed E-state index contributed by atoms with van der Waals surface area (Å²) in [6.07, 6.45) is 0.863. The molecule has 0 saturated carbocycles. The van der Waals surface area contributed by atoms with Crippen molar-refractivity contribution in [1.29, 1.82) is 0 Å². The molecule has 148 valence electrons. The lowest BCUT2D eigenvalue weighted by molar-refractivity contribution is 0.0983. The molecular weight excluding hydrogens is 370 g/mol. The standard InChI is InChI=1S/C22H27N3O2S/c1-15-13-18-20(14-16(15)2)28-22(23-18)25(12-8-11-24(3)4)21(26)17-9-6-7-10-19(17)27-5/h6-7,9-10,13-14H,8,11-12H2,1-5H3. The minimum atomic E-state index is -0.0799. The van der Waals surface area contributed by atoms with Crippen LogP contribution in [0.15, 0.2) is 36.4 Å². The Kier molecular flexibility index (Phi) is 6.31. The lowest BCUT2D eigenvalue weighted by Gasteiger charge is -2.22. The highest BCUT2D eigenvalue weighted by Gasteiger charge is 2.23. The first-order chi connectivity index (χ1) is 13.4. The van der Waals surface area contributed by atoms with Crippen molar-refractivity contribution in [3.05, 3.63) is 53.1 Å². The molecule has 0 aliphatic heterocycles. The number of thiazole rings is 1. The van der Waals surface area contributed by atoms with Gasteiger partial charge in [-0.15, -0.1) is 0 Å². The van der Waals surface area contributed by atoms with Crippen LogP contribution in [0.2, 0.25) is 0 Å². The molecule has 1 heterocycles. The summed E-state index contributed by atoms with van der Waals surface area (Å²) in [5.41, 5.74) is 3.94. The molecule has 1 amide bonds. The quantitative estimate of drug-likeness (QED) is 0.588. The Balaban J connectivity index is 2.00. The van der Waals surface area contributed by atoms with E-state index in [-0.39, 0.29) is 5.91 Å². The van der Waals surface area contributed by atoms with Crippen molar-refractivity contribution < 1.29 is 9.53 Å². The largest absolute Gasteiger partial charge is 0.496 e. The second-order valence-electron chi connectivity index (χ2n) is 7.21. The third-order valence-corrected chi connectivity index (χ3v) is 5.83. The third kappa shape index (κ3) is 4.34. The van der Waals surface area contributed by atoms with Gasteiger partial charge in [0.2, 0.25) is 0 Å². The van der Waals surface area contributed by atoms with Gasteiger partial charge in [-0.1, -0.05) is 23.5 Å². The Morgan fingerprint density at radius 1 is 1.11 bits per heavy atom. The van der Waals surface area contributed by atoms with Crippen LogP contribution in [-0.4, -0.2) is 50.1 Å². The van der Waals surface area contributed by atoms with Crippen LogP contribution in [0, 0.1) is 13.8 Å². The first-order valence-corrected chi connectivity index (χ1v) is 10.2. The van der Waals surface area contributed by atoms with E-state index in [1.165, 1.54) is 11.1 Å². The SMILES string of the molecule is COc1ccccc1C(=O)N(CCCN(C)C)c1nc2cc(C)c(C)cc2s1. The second kappa shape index (κ2) is 8.71. The normalized spacial score (nSPS) is 11.2. The maximum Gasteiger partial charge on any atom is 0.263 e. The average molecular weight is 398 g/mol. The molecule has 0 aliphatic carbocycles. The van der Waals surface area contributed by atoms with Gasteiger partial charge in [0.25, 0.3) is 5.91 Å². The number of hydrogen-bond acceptors (Lipinski definition) is 5. The molecule has 2 aromatic carbocycles. The molecule has 3 rings (SSSR count). The van der Waals surface area contributed by atoms with Crippen LogP contribution in [0.3, 0.4) is 0 Å². The van der Waals surface area contributed by atoms with Gasteiger partial charge in [-0.05, 0) is 76.3 Å². The Morgan fingerprint density at radius 3 is 2.54 bits per heavy atom. The van der Waals surface area contributed by atoms with Gasteiger partial charge < -0.3 is 9.64 Å². The summed E-state index contributed by atoms with van der Waals surface area (Å²) in [4.78, 5) is 22.1. The molecule has 5 nitrogen and oxygen atoms in total. The zero-order valence-corrected chi connectivity index (χ0v) is 18.0. The van der Waals surface area contributed by atoms with E-state index >= 15 is 0 Å². The van der Waals surface area contributed by atoms with E-state index in [1.807, 2.05) is 38.4 Å². The van der Waals surface area contributed by atoms with Crippen LogP contribution in [-0.2, 0) is 0 Å². The number of methoxy groups -OCH3 is 1. The van der Waals surface area contributed by atoms with Gasteiger partial charge in [0, 0.05) is 6.54 Å². The summed E-state index contributed by atoms with van der Waals surface area (Å²) in [7, 11) is 5.66. The predicted molar refractivity (Wildman–Crippen MR) is 117 cm³/mol. The number of nitrogens with zero attached hydrogens (tertiary/aromatic N) is 3. The van der Waals surface area contributed by atoms with E-state index < -0.39 is 0 Å². The maximum atomic E-state index is 13.4. The van der Waals surface area contributed by atoms with Crippen molar-refractivity contribution in [2.45, 2.75) is 20.3 Å². The number of hydrogen-bond donors (Lipinski definition) is 0. The number of ether oxygens (including phenoxy) is 1. The molecule has 3 aromatic rings. The summed E-state index contributed by atoms with van der Waals surface area (Å²) in [5, 5.41) is 0.731. The average Bonchev–Trinajstić information content (AvgIpc) is 3.07. The highest BCUT2D eigenvalue weighted by atomic mass is 32.1. The second-order valence-corrected chi connectivity index (χ2v) is 8.22. The first-order valence-electron chi connectivity index (χ1n) is 9.38. The topological polar surface area (TPSA) is 45.7 Å². The Hall–Kier alpha value is -2.44. The summed E-state index contributed by atoms with van der Waals surface area (Å²) in [5.74, 6) is 0.501. The Bertz CT molecular complexity index is 942. The smallest absolute Gasteiger partial charge is 0.263 e. The van der Waals surface area contributed by atoms with Gasteiger partial charge in [0.1, 0.15) is 5.75 Å². The predicted octanol–water partition coefficient (Wildman–Crippen LogP) is 4.52. The van der Waals surface area contributed by atoms with E-state index in [9.17, 15) is 4.79 Å². The van der Waals surface area contributed by atoms with E-state index in [0.717, 1.165) is 28.3 Å². The summed E-state index contributed by atoms with van der Waals surface area (Å²) in [6.45, 7) is 5.69. The molecule has 0 fully saturated rings. The fourth-order valence-corrected chi connectivity index (χ4v) is 4.15. The lowest BCUT2D eigenvalue weighted by Crippen LogP contribution is -2.33. The van der Waals surface area contributed by atoms with E-state index in [1.54, 1.807) is 23.3 Å². The van der Waals surface area contributed by atoms with Crippen molar-refractivity contribution in [3.8, 4) is 5.75 Å². The number of aryl methyl sites for hydroxylation is 2. The Morgan fingerprint density at radius 2 is 1.82 bits per heavy atom. The lowest BCUT2D eigenvalue weighted by atomic mass is 10.1. The monoisotopic (exact) mass is 397 g/mol. The molecule has 0 radical (unpaired) electrons. The van der Waals surface area contributed by atoms with E-state index in [0.29, 0.717) is 17.9 Å². The van der Waals surface area contributed by atoms with Gasteiger partial charge >= 0.3 is 0 Å². The van der Waals surface area contributed by atoms with Crippen molar-refractivity contribution in [2.24, 2.45) is 0 Å². The number of fused-ring (bicyclic) bond motifs is 1. The molecule has 0 N–H and O–H groups in total. The summed E-state index contributed by atoms with van der Waals surface area (Å²) >= 11 is 1.56. The van der Waals surface area contributed by atoms with Gasteiger partial charge in [0.15, 0.2) is 5.13 Å². The molecule has 0 spiro atoms. The Labute approximate surface area is 170 Å². The molecular formula is C22H27N3O2S. The first kappa shape index (κ1) is 20.3. The van der Waals surface area contributed by atoms with Gasteiger partial charge in [-0.2, -0.15) is 0 Å². The number of rotatable bonds is 7. The van der Waals surface area contributed by atoms with Crippen molar-refractivity contribution in [1.82, 2.24) is 9.88 Å². The molecule has 0 atom stereocenters. The minimum absolute atomic E-state index is 0.0799. The van der Waals surface area contributed by atoms with Gasteiger partial charge in [-0.3, -0.25) is 9.69 Å². The highest BCUT2D eigenvalue weighted by Crippen LogP contribution is 2.32. The molecule has 1 aromatic heterocycles. The van der Waals surface area contributed by atoms with E-state index in [2.05, 4.69) is 30.9 Å². The summed E-state index contributed by atoms with van der Waals surface area (Å²) < 4.78 is 6.51. The van der Waals surface area contributed by atoms with Crippen LogP contribution in [0.4, 0.5) is 5.13 Å². The fraction of sp³-hybridized carbons (Fsp3) is 0.364. The fourth-order valence-electron chi connectivity index (χ4n) is 3.08. The number of aromatic nitrogens is 1. The number of carbonyl (C=O) groups excluding carboxylic acids is 1. The number of benzene rings is 2. The molecule has 0 aliphatic rings. The van der Waals surface area contributed by atoms with Crippen LogP contribution >= 0.6 is 11.3 Å².